The standard InChI is InChI=1S/C17H18FN5O2/c18-13-6-2-3-7-14(13)23-11-12(20-21-23)10-22-15(24)17(19-16(22)25)8-4-1-5-9-17/h2-3,6-7,11H,1,4-5,8-10H2,(H,19,25). The highest BCUT2D eigenvalue weighted by molar-refractivity contribution is 6.07. The van der Waals surface area contributed by atoms with Gasteiger partial charge in [0.1, 0.15) is 22.7 Å². The molecule has 0 bridgehead atoms. The van der Waals surface area contributed by atoms with Crippen LogP contribution in [0, 0.1) is 5.82 Å². The number of urea groups is 1. The highest BCUT2D eigenvalue weighted by Crippen LogP contribution is 2.34. The van der Waals surface area contributed by atoms with E-state index in [4.69, 9.17) is 0 Å². The Bertz CT molecular complexity index is 828. The zero-order valence-electron chi connectivity index (χ0n) is 13.6. The van der Waals surface area contributed by atoms with E-state index < -0.39 is 17.4 Å². The predicted molar refractivity (Wildman–Crippen MR) is 86.2 cm³/mol. The monoisotopic (exact) mass is 343 g/mol. The number of carbonyl (C=O) groups is 2. The summed E-state index contributed by atoms with van der Waals surface area (Å²) >= 11 is 0. The molecule has 1 spiro atoms. The Morgan fingerprint density at radius 1 is 1.16 bits per heavy atom. The number of nitrogens with zero attached hydrogens (tertiary/aromatic N) is 4. The molecule has 1 aliphatic carbocycles. The molecule has 1 aromatic heterocycles. The maximum absolute atomic E-state index is 13.8. The lowest BCUT2D eigenvalue weighted by Gasteiger charge is -2.30. The molecule has 1 saturated carbocycles. The second kappa shape index (κ2) is 5.94. The van der Waals surface area contributed by atoms with Gasteiger partial charge in [-0.15, -0.1) is 5.10 Å². The van der Waals surface area contributed by atoms with Gasteiger partial charge in [-0.25, -0.2) is 13.9 Å². The Labute approximate surface area is 143 Å². The minimum atomic E-state index is -0.753. The third-order valence-corrected chi connectivity index (χ3v) is 4.91. The average molecular weight is 343 g/mol. The van der Waals surface area contributed by atoms with Crippen LogP contribution in [0.1, 0.15) is 37.8 Å². The maximum atomic E-state index is 13.8. The van der Waals surface area contributed by atoms with Crippen LogP contribution in [0.5, 0.6) is 0 Å². The number of imide groups is 1. The fraction of sp³-hybridized carbons (Fsp3) is 0.412. The van der Waals surface area contributed by atoms with Crippen molar-refractivity contribution in [3.63, 3.8) is 0 Å². The summed E-state index contributed by atoms with van der Waals surface area (Å²) in [4.78, 5) is 26.2. The van der Waals surface area contributed by atoms with Crippen molar-refractivity contribution in [2.24, 2.45) is 0 Å². The summed E-state index contributed by atoms with van der Waals surface area (Å²) in [6.45, 7) is 0.0286. The molecule has 0 atom stereocenters. The van der Waals surface area contributed by atoms with E-state index in [9.17, 15) is 14.0 Å². The lowest BCUT2D eigenvalue weighted by atomic mass is 9.82. The summed E-state index contributed by atoms with van der Waals surface area (Å²) in [5.41, 5.74) is -0.0570. The Hall–Kier alpha value is -2.77. The third-order valence-electron chi connectivity index (χ3n) is 4.91. The molecule has 4 rings (SSSR count). The molecule has 3 amide bonds. The molecule has 130 valence electrons. The lowest BCUT2D eigenvalue weighted by Crippen LogP contribution is -2.48. The van der Waals surface area contributed by atoms with Crippen LogP contribution in [0.25, 0.3) is 5.69 Å². The van der Waals surface area contributed by atoms with E-state index in [1.54, 1.807) is 18.2 Å². The number of para-hydroxylation sites is 1. The first-order valence-corrected chi connectivity index (χ1v) is 8.39. The summed E-state index contributed by atoms with van der Waals surface area (Å²) < 4.78 is 15.1. The second-order valence-electron chi connectivity index (χ2n) is 6.57. The Kier molecular flexibility index (Phi) is 3.74. The van der Waals surface area contributed by atoms with Gasteiger partial charge in [-0.2, -0.15) is 0 Å². The van der Waals surface area contributed by atoms with E-state index in [1.165, 1.54) is 21.8 Å². The maximum Gasteiger partial charge on any atom is 0.325 e. The molecule has 1 aliphatic heterocycles. The van der Waals surface area contributed by atoms with Crippen molar-refractivity contribution in [2.45, 2.75) is 44.2 Å². The van der Waals surface area contributed by atoms with E-state index in [0.717, 1.165) is 19.3 Å². The Morgan fingerprint density at radius 3 is 2.68 bits per heavy atom. The fourth-order valence-corrected chi connectivity index (χ4v) is 3.60. The SMILES string of the molecule is O=C1NC2(CCCCC2)C(=O)N1Cc1cn(-c2ccccc2F)nn1. The molecule has 8 heteroatoms. The molecular formula is C17H18FN5O2. The summed E-state index contributed by atoms with van der Waals surface area (Å²) in [7, 11) is 0. The van der Waals surface area contributed by atoms with Crippen LogP contribution in [0.15, 0.2) is 30.5 Å². The molecular weight excluding hydrogens is 325 g/mol. The smallest absolute Gasteiger partial charge is 0.323 e. The largest absolute Gasteiger partial charge is 0.325 e. The van der Waals surface area contributed by atoms with Crippen molar-refractivity contribution in [3.8, 4) is 5.69 Å². The van der Waals surface area contributed by atoms with Crippen LogP contribution < -0.4 is 5.32 Å². The van der Waals surface area contributed by atoms with Gasteiger partial charge in [0.25, 0.3) is 5.91 Å². The van der Waals surface area contributed by atoms with Gasteiger partial charge in [0.2, 0.25) is 0 Å². The van der Waals surface area contributed by atoms with Gasteiger partial charge in [0.15, 0.2) is 0 Å². The second-order valence-corrected chi connectivity index (χ2v) is 6.57. The first-order chi connectivity index (χ1) is 12.1. The van der Waals surface area contributed by atoms with Crippen molar-refractivity contribution < 1.29 is 14.0 Å². The molecule has 1 aromatic carbocycles. The number of amides is 3. The number of benzene rings is 1. The van der Waals surface area contributed by atoms with Gasteiger partial charge in [-0.3, -0.25) is 9.69 Å². The minimum absolute atomic E-state index is 0.0286. The molecule has 1 saturated heterocycles. The molecule has 7 nitrogen and oxygen atoms in total. The number of rotatable bonds is 3. The summed E-state index contributed by atoms with van der Waals surface area (Å²) in [5.74, 6) is -0.618. The minimum Gasteiger partial charge on any atom is -0.323 e. The Morgan fingerprint density at radius 2 is 1.92 bits per heavy atom. The van der Waals surface area contributed by atoms with E-state index in [1.807, 2.05) is 0 Å². The van der Waals surface area contributed by atoms with Crippen molar-refractivity contribution in [1.29, 1.82) is 0 Å². The Balaban J connectivity index is 1.54. The highest BCUT2D eigenvalue weighted by atomic mass is 19.1. The quantitative estimate of drug-likeness (QED) is 0.866. The first-order valence-electron chi connectivity index (χ1n) is 8.39. The number of halogens is 1. The van der Waals surface area contributed by atoms with Crippen LogP contribution >= 0.6 is 0 Å². The van der Waals surface area contributed by atoms with Crippen LogP contribution in [0.2, 0.25) is 0 Å². The van der Waals surface area contributed by atoms with Gasteiger partial charge < -0.3 is 5.32 Å². The molecule has 2 heterocycles. The van der Waals surface area contributed by atoms with Crippen LogP contribution in [0.3, 0.4) is 0 Å². The fourth-order valence-electron chi connectivity index (χ4n) is 3.60. The molecule has 0 radical (unpaired) electrons. The van der Waals surface area contributed by atoms with Crippen molar-refractivity contribution in [3.05, 3.63) is 42.0 Å². The van der Waals surface area contributed by atoms with Gasteiger partial charge in [0, 0.05) is 0 Å². The molecule has 2 fully saturated rings. The molecule has 25 heavy (non-hydrogen) atoms. The van der Waals surface area contributed by atoms with Crippen LogP contribution in [-0.4, -0.2) is 37.4 Å². The van der Waals surface area contributed by atoms with Gasteiger partial charge in [-0.05, 0) is 25.0 Å². The van der Waals surface area contributed by atoms with E-state index in [0.29, 0.717) is 18.5 Å². The molecule has 2 aliphatic rings. The predicted octanol–water partition coefficient (Wildman–Crippen LogP) is 2.16. The van der Waals surface area contributed by atoms with Crippen LogP contribution in [-0.2, 0) is 11.3 Å². The normalized spacial score (nSPS) is 19.5. The van der Waals surface area contributed by atoms with Gasteiger partial charge in [0.05, 0.1) is 12.7 Å². The van der Waals surface area contributed by atoms with E-state index in [2.05, 4.69) is 15.6 Å². The highest BCUT2D eigenvalue weighted by Gasteiger charge is 2.51. The number of hydrogen-bond acceptors (Lipinski definition) is 4. The molecule has 2 aromatic rings. The number of carbonyl (C=O) groups excluding carboxylic acids is 2. The molecule has 1 N–H and O–H groups in total. The molecule has 0 unspecified atom stereocenters. The number of aromatic nitrogens is 3. The van der Waals surface area contributed by atoms with Crippen molar-refractivity contribution in [2.75, 3.05) is 0 Å². The van der Waals surface area contributed by atoms with Crippen molar-refractivity contribution in [1.82, 2.24) is 25.2 Å². The van der Waals surface area contributed by atoms with Gasteiger partial charge >= 0.3 is 6.03 Å². The third kappa shape index (κ3) is 2.67. The summed E-state index contributed by atoms with van der Waals surface area (Å²) in [6.07, 6.45) is 5.84. The first kappa shape index (κ1) is 15.7. The van der Waals surface area contributed by atoms with E-state index >= 15 is 0 Å². The average Bonchev–Trinajstić information content (AvgIpc) is 3.16. The lowest BCUT2D eigenvalue weighted by molar-refractivity contribution is -0.132. The summed E-state index contributed by atoms with van der Waals surface area (Å²) in [6, 6.07) is 5.81. The number of hydrogen-bond donors (Lipinski definition) is 1. The zero-order valence-corrected chi connectivity index (χ0v) is 13.6. The van der Waals surface area contributed by atoms with Crippen molar-refractivity contribution >= 4 is 11.9 Å². The number of nitrogens with one attached hydrogen (secondary N) is 1. The zero-order chi connectivity index (χ0) is 17.4. The van der Waals surface area contributed by atoms with E-state index in [-0.39, 0.29) is 18.1 Å². The van der Waals surface area contributed by atoms with Gasteiger partial charge in [-0.1, -0.05) is 36.6 Å². The topological polar surface area (TPSA) is 80.1 Å². The summed E-state index contributed by atoms with van der Waals surface area (Å²) in [5, 5.41) is 10.7. The van der Waals surface area contributed by atoms with Crippen LogP contribution in [0.4, 0.5) is 9.18 Å².